The maximum absolute atomic E-state index is 4.79. The van der Waals surface area contributed by atoms with Crippen LogP contribution in [0.1, 0.15) is 62.4 Å². The number of benzene rings is 2. The van der Waals surface area contributed by atoms with Gasteiger partial charge < -0.3 is 0 Å². The Labute approximate surface area is 146 Å². The molecule has 1 unspecified atom stereocenters. The third-order valence-corrected chi connectivity index (χ3v) is 4.97. The molecule has 0 saturated carbocycles. The Balaban J connectivity index is 1.77. The first-order chi connectivity index (χ1) is 11.4. The van der Waals surface area contributed by atoms with Crippen LogP contribution in [-0.2, 0) is 11.8 Å². The second-order valence-corrected chi connectivity index (χ2v) is 7.76. The molecule has 2 aromatic rings. The molecule has 0 N–H and O–H groups in total. The van der Waals surface area contributed by atoms with Crippen molar-refractivity contribution < 1.29 is 0 Å². The molecule has 2 aromatic carbocycles. The van der Waals surface area contributed by atoms with E-state index < -0.39 is 0 Å². The Kier molecular flexibility index (Phi) is 4.49. The first-order valence-electron chi connectivity index (χ1n) is 8.88. The minimum Gasteiger partial charge on any atom is -0.292 e. The van der Waals surface area contributed by atoms with Gasteiger partial charge in [-0.25, -0.2) is 0 Å². The van der Waals surface area contributed by atoms with Gasteiger partial charge in [0, 0.05) is 13.5 Å². The van der Waals surface area contributed by atoms with Crippen molar-refractivity contribution in [2.45, 2.75) is 52.0 Å². The molecule has 2 heteroatoms. The van der Waals surface area contributed by atoms with E-state index in [0.29, 0.717) is 6.04 Å². The summed E-state index contributed by atoms with van der Waals surface area (Å²) in [6.07, 6.45) is 2.05. The van der Waals surface area contributed by atoms with E-state index in [1.54, 1.807) is 0 Å². The van der Waals surface area contributed by atoms with Gasteiger partial charge in [0.25, 0.3) is 0 Å². The molecular formula is C22H28N2. The van der Waals surface area contributed by atoms with Crippen molar-refractivity contribution in [3.63, 3.8) is 0 Å². The number of rotatable bonds is 3. The van der Waals surface area contributed by atoms with Crippen LogP contribution in [0.3, 0.4) is 0 Å². The molecule has 1 atom stereocenters. The molecule has 0 bridgehead atoms. The Morgan fingerprint density at radius 2 is 1.62 bits per heavy atom. The van der Waals surface area contributed by atoms with Gasteiger partial charge in [-0.1, -0.05) is 76.2 Å². The van der Waals surface area contributed by atoms with Crippen molar-refractivity contribution in [2.75, 3.05) is 7.05 Å². The van der Waals surface area contributed by atoms with Gasteiger partial charge in [0.2, 0.25) is 0 Å². The van der Waals surface area contributed by atoms with Gasteiger partial charge in [-0.2, -0.15) is 5.10 Å². The fraction of sp³-hybridized carbons (Fsp3) is 0.409. The number of hydrogen-bond acceptors (Lipinski definition) is 2. The lowest BCUT2D eigenvalue weighted by Crippen LogP contribution is -2.15. The first-order valence-corrected chi connectivity index (χ1v) is 8.88. The summed E-state index contributed by atoms with van der Waals surface area (Å²) in [5.41, 5.74) is 6.72. The highest BCUT2D eigenvalue weighted by Crippen LogP contribution is 2.32. The van der Waals surface area contributed by atoms with Crippen LogP contribution in [0.4, 0.5) is 0 Å². The van der Waals surface area contributed by atoms with Crippen molar-refractivity contribution in [2.24, 2.45) is 5.10 Å². The molecule has 0 fully saturated rings. The molecule has 1 aliphatic heterocycles. The number of hydrazone groups is 1. The van der Waals surface area contributed by atoms with Gasteiger partial charge in [0.05, 0.1) is 11.8 Å². The predicted octanol–water partition coefficient (Wildman–Crippen LogP) is 5.33. The number of hydrogen-bond donors (Lipinski definition) is 0. The highest BCUT2D eigenvalue weighted by atomic mass is 15.5. The third kappa shape index (κ3) is 3.38. The van der Waals surface area contributed by atoms with Gasteiger partial charge in [0.1, 0.15) is 0 Å². The van der Waals surface area contributed by atoms with Crippen LogP contribution in [0.5, 0.6) is 0 Å². The molecule has 0 spiro atoms. The highest BCUT2D eigenvalue weighted by Gasteiger charge is 2.26. The summed E-state index contributed by atoms with van der Waals surface area (Å²) < 4.78 is 0. The molecule has 2 nitrogen and oxygen atoms in total. The van der Waals surface area contributed by atoms with Crippen LogP contribution in [-0.4, -0.2) is 17.8 Å². The monoisotopic (exact) mass is 320 g/mol. The summed E-state index contributed by atoms with van der Waals surface area (Å²) in [6, 6.07) is 18.2. The largest absolute Gasteiger partial charge is 0.292 e. The van der Waals surface area contributed by atoms with Crippen molar-refractivity contribution >= 4 is 5.71 Å². The average Bonchev–Trinajstić information content (AvgIpc) is 2.96. The molecule has 0 amide bonds. The Hall–Kier alpha value is -2.09. The van der Waals surface area contributed by atoms with Crippen LogP contribution in [0, 0.1) is 0 Å². The van der Waals surface area contributed by atoms with Crippen molar-refractivity contribution in [3.05, 3.63) is 70.8 Å². The van der Waals surface area contributed by atoms with E-state index in [0.717, 1.165) is 12.8 Å². The van der Waals surface area contributed by atoms with Gasteiger partial charge in [-0.3, -0.25) is 5.01 Å². The standard InChI is InChI=1S/C22H28N2/c1-6-16-7-9-17(10-8-16)20-15-21(24(5)23-20)18-11-13-19(14-12-18)22(2,3)4/h7-14,21H,6,15H2,1-5H3. The zero-order valence-corrected chi connectivity index (χ0v) is 15.5. The molecule has 126 valence electrons. The summed E-state index contributed by atoms with van der Waals surface area (Å²) in [4.78, 5) is 0. The minimum atomic E-state index is 0.197. The summed E-state index contributed by atoms with van der Waals surface area (Å²) in [6.45, 7) is 8.95. The normalized spacial score (nSPS) is 18.0. The van der Waals surface area contributed by atoms with E-state index in [-0.39, 0.29) is 5.41 Å². The van der Waals surface area contributed by atoms with Crippen LogP contribution in [0.2, 0.25) is 0 Å². The van der Waals surface area contributed by atoms with Gasteiger partial charge in [0.15, 0.2) is 0 Å². The second-order valence-electron chi connectivity index (χ2n) is 7.76. The van der Waals surface area contributed by atoms with Crippen LogP contribution in [0.15, 0.2) is 53.6 Å². The summed E-state index contributed by atoms with van der Waals surface area (Å²) >= 11 is 0. The topological polar surface area (TPSA) is 15.6 Å². The van der Waals surface area contributed by atoms with E-state index in [9.17, 15) is 0 Å². The number of nitrogens with zero attached hydrogens (tertiary/aromatic N) is 2. The summed E-state index contributed by atoms with van der Waals surface area (Å²) in [5.74, 6) is 0. The zero-order valence-electron chi connectivity index (χ0n) is 15.5. The molecule has 1 aliphatic rings. The van der Waals surface area contributed by atoms with Crippen molar-refractivity contribution in [1.82, 2.24) is 5.01 Å². The first kappa shape index (κ1) is 16.8. The maximum Gasteiger partial charge on any atom is 0.0773 e. The molecule has 3 rings (SSSR count). The minimum absolute atomic E-state index is 0.197. The molecule has 24 heavy (non-hydrogen) atoms. The van der Waals surface area contributed by atoms with Gasteiger partial charge in [-0.05, 0) is 34.1 Å². The zero-order chi connectivity index (χ0) is 17.3. The Bertz CT molecular complexity index is 718. The summed E-state index contributed by atoms with van der Waals surface area (Å²) in [5, 5.41) is 6.90. The molecule has 0 radical (unpaired) electrons. The Morgan fingerprint density at radius 3 is 2.17 bits per heavy atom. The van der Waals surface area contributed by atoms with E-state index in [1.165, 1.54) is 28.0 Å². The fourth-order valence-corrected chi connectivity index (χ4v) is 3.26. The average molecular weight is 320 g/mol. The second kappa shape index (κ2) is 6.43. The quantitative estimate of drug-likeness (QED) is 0.746. The fourth-order valence-electron chi connectivity index (χ4n) is 3.26. The van der Waals surface area contributed by atoms with Crippen LogP contribution < -0.4 is 0 Å². The van der Waals surface area contributed by atoms with Gasteiger partial charge in [-0.15, -0.1) is 0 Å². The molecule has 0 aliphatic carbocycles. The number of aryl methyl sites for hydroxylation is 1. The lowest BCUT2D eigenvalue weighted by atomic mass is 9.86. The van der Waals surface area contributed by atoms with Gasteiger partial charge >= 0.3 is 0 Å². The highest BCUT2D eigenvalue weighted by molar-refractivity contribution is 6.01. The Morgan fingerprint density at radius 1 is 1.00 bits per heavy atom. The lowest BCUT2D eigenvalue weighted by Gasteiger charge is -2.22. The van der Waals surface area contributed by atoms with Crippen LogP contribution in [0.25, 0.3) is 0 Å². The van der Waals surface area contributed by atoms with E-state index >= 15 is 0 Å². The summed E-state index contributed by atoms with van der Waals surface area (Å²) in [7, 11) is 2.08. The van der Waals surface area contributed by atoms with Crippen molar-refractivity contribution in [1.29, 1.82) is 0 Å². The van der Waals surface area contributed by atoms with E-state index in [1.807, 2.05) is 0 Å². The third-order valence-electron chi connectivity index (χ3n) is 4.97. The molecular weight excluding hydrogens is 292 g/mol. The SMILES string of the molecule is CCc1ccc(C2=NN(C)C(c3ccc(C(C)(C)C)cc3)C2)cc1. The van der Waals surface area contributed by atoms with Crippen molar-refractivity contribution in [3.8, 4) is 0 Å². The maximum atomic E-state index is 4.79. The van der Waals surface area contributed by atoms with E-state index in [2.05, 4.69) is 88.3 Å². The van der Waals surface area contributed by atoms with E-state index in [4.69, 9.17) is 5.10 Å². The molecule has 1 heterocycles. The molecule has 0 aromatic heterocycles. The lowest BCUT2D eigenvalue weighted by molar-refractivity contribution is 0.290. The van der Waals surface area contributed by atoms with Crippen LogP contribution >= 0.6 is 0 Å². The predicted molar refractivity (Wildman–Crippen MR) is 103 cm³/mol. The smallest absolute Gasteiger partial charge is 0.0773 e. The molecule has 0 saturated heterocycles.